The van der Waals surface area contributed by atoms with Gasteiger partial charge in [0.05, 0.1) is 11.1 Å². The molecule has 1 aliphatic carbocycles. The van der Waals surface area contributed by atoms with Gasteiger partial charge in [-0.15, -0.1) is 8.78 Å². The van der Waals surface area contributed by atoms with Crippen molar-refractivity contribution in [1.82, 2.24) is 10.3 Å². The number of hydrogen-bond acceptors (Lipinski definition) is 5. The minimum Gasteiger partial charge on any atom is -0.395 e. The van der Waals surface area contributed by atoms with Crippen molar-refractivity contribution in [3.05, 3.63) is 71.3 Å². The highest BCUT2D eigenvalue weighted by Crippen LogP contribution is 2.52. The number of pyridine rings is 1. The molecule has 1 aromatic heterocycles. The number of halogens is 2. The van der Waals surface area contributed by atoms with E-state index in [9.17, 15) is 18.4 Å². The number of aromatic nitrogens is 1. The van der Waals surface area contributed by atoms with E-state index >= 15 is 0 Å². The van der Waals surface area contributed by atoms with E-state index in [0.29, 0.717) is 42.0 Å². The standard InChI is InChI=1S/C27H25F2N3O4/c1-3-13-30-24(33)18-6-4-5-17(14-18)23-16(2)7-10-22(31-23)32-25(34)26(11-12-26)19-8-9-20-21(15-19)36-27(28,29)35-20/h4-10,14-15H,3,11-13H2,1-2H3,(H,30,33)(H,31,32,34). The molecule has 186 valence electrons. The molecule has 7 nitrogen and oxygen atoms in total. The van der Waals surface area contributed by atoms with Gasteiger partial charge in [-0.3, -0.25) is 9.59 Å². The van der Waals surface area contributed by atoms with Gasteiger partial charge >= 0.3 is 6.29 Å². The maximum atomic E-state index is 13.4. The van der Waals surface area contributed by atoms with Crippen LogP contribution in [0.1, 0.15) is 47.7 Å². The van der Waals surface area contributed by atoms with Crippen molar-refractivity contribution in [2.75, 3.05) is 11.9 Å². The number of carbonyl (C=O) groups excluding carboxylic acids is 2. The Bertz CT molecular complexity index is 1350. The van der Waals surface area contributed by atoms with E-state index in [1.54, 1.807) is 30.3 Å². The fraction of sp³-hybridized carbons (Fsp3) is 0.296. The van der Waals surface area contributed by atoms with Gasteiger partial charge in [0.25, 0.3) is 5.91 Å². The summed E-state index contributed by atoms with van der Waals surface area (Å²) in [5, 5.41) is 5.74. The maximum Gasteiger partial charge on any atom is 0.586 e. The number of anilines is 1. The zero-order valence-corrected chi connectivity index (χ0v) is 19.9. The molecule has 9 heteroatoms. The van der Waals surface area contributed by atoms with Crippen molar-refractivity contribution in [1.29, 1.82) is 0 Å². The van der Waals surface area contributed by atoms with Crippen LogP contribution in [0.4, 0.5) is 14.6 Å². The first-order chi connectivity index (χ1) is 17.2. The van der Waals surface area contributed by atoms with Gasteiger partial charge in [-0.05, 0) is 67.6 Å². The molecule has 0 bridgehead atoms. The summed E-state index contributed by atoms with van der Waals surface area (Å²) < 4.78 is 35.8. The second-order valence-electron chi connectivity index (χ2n) is 9.06. The number of amides is 2. The van der Waals surface area contributed by atoms with Gasteiger partial charge in [-0.2, -0.15) is 0 Å². The fourth-order valence-corrected chi connectivity index (χ4v) is 4.29. The molecule has 0 radical (unpaired) electrons. The third-order valence-corrected chi connectivity index (χ3v) is 6.41. The number of alkyl halides is 2. The Labute approximate surface area is 206 Å². The number of ether oxygens (including phenoxy) is 2. The summed E-state index contributed by atoms with van der Waals surface area (Å²) in [5.41, 5.74) is 2.55. The molecule has 0 spiro atoms. The summed E-state index contributed by atoms with van der Waals surface area (Å²) in [6.45, 7) is 4.48. The molecular weight excluding hydrogens is 468 g/mol. The molecule has 36 heavy (non-hydrogen) atoms. The van der Waals surface area contributed by atoms with Crippen LogP contribution in [-0.2, 0) is 10.2 Å². The molecule has 2 aliphatic rings. The van der Waals surface area contributed by atoms with Crippen molar-refractivity contribution < 1.29 is 27.8 Å². The molecule has 0 atom stereocenters. The van der Waals surface area contributed by atoms with Crippen LogP contribution in [0.5, 0.6) is 11.5 Å². The van der Waals surface area contributed by atoms with Crippen LogP contribution in [0.3, 0.4) is 0 Å². The number of aryl methyl sites for hydroxylation is 1. The third kappa shape index (κ3) is 4.48. The molecule has 1 fully saturated rings. The molecule has 2 N–H and O–H groups in total. The summed E-state index contributed by atoms with van der Waals surface area (Å²) in [6.07, 6.45) is -1.73. The zero-order valence-electron chi connectivity index (χ0n) is 19.9. The third-order valence-electron chi connectivity index (χ3n) is 6.41. The van der Waals surface area contributed by atoms with Crippen molar-refractivity contribution >= 4 is 17.6 Å². The number of carbonyl (C=O) groups is 2. The number of nitrogens with zero attached hydrogens (tertiary/aromatic N) is 1. The number of nitrogens with one attached hydrogen (secondary N) is 2. The zero-order chi connectivity index (χ0) is 25.5. The lowest BCUT2D eigenvalue weighted by Crippen LogP contribution is -2.28. The lowest BCUT2D eigenvalue weighted by Gasteiger charge is -2.17. The van der Waals surface area contributed by atoms with Gasteiger partial charge in [0.15, 0.2) is 11.5 Å². The Hall–Kier alpha value is -4.01. The largest absolute Gasteiger partial charge is 0.586 e. The topological polar surface area (TPSA) is 89.6 Å². The number of rotatable bonds is 7. The van der Waals surface area contributed by atoms with Gasteiger partial charge < -0.3 is 20.1 Å². The summed E-state index contributed by atoms with van der Waals surface area (Å²) in [4.78, 5) is 30.3. The molecule has 2 amide bonds. The van der Waals surface area contributed by atoms with E-state index in [0.717, 1.165) is 17.5 Å². The predicted octanol–water partition coefficient (Wildman–Crippen LogP) is 5.19. The summed E-state index contributed by atoms with van der Waals surface area (Å²) >= 11 is 0. The lowest BCUT2D eigenvalue weighted by molar-refractivity contribution is -0.286. The van der Waals surface area contributed by atoms with Gasteiger partial charge in [-0.25, -0.2) is 4.98 Å². The van der Waals surface area contributed by atoms with Crippen molar-refractivity contribution in [2.24, 2.45) is 0 Å². The van der Waals surface area contributed by atoms with E-state index in [2.05, 4.69) is 25.1 Å². The van der Waals surface area contributed by atoms with E-state index < -0.39 is 11.7 Å². The van der Waals surface area contributed by atoms with Crippen molar-refractivity contribution in [3.63, 3.8) is 0 Å². The summed E-state index contributed by atoms with van der Waals surface area (Å²) in [7, 11) is 0. The SMILES string of the molecule is CCCNC(=O)c1cccc(-c2nc(NC(=O)C3(c4ccc5c(c4)OC(F)(F)O5)CC3)ccc2C)c1. The highest BCUT2D eigenvalue weighted by Gasteiger charge is 2.53. The summed E-state index contributed by atoms with van der Waals surface area (Å²) in [6, 6.07) is 15.2. The van der Waals surface area contributed by atoms with E-state index in [1.165, 1.54) is 12.1 Å². The predicted molar refractivity (Wildman–Crippen MR) is 129 cm³/mol. The van der Waals surface area contributed by atoms with Gasteiger partial charge in [-0.1, -0.05) is 31.2 Å². The Balaban J connectivity index is 1.37. The first kappa shape index (κ1) is 23.7. The highest BCUT2D eigenvalue weighted by atomic mass is 19.3. The molecule has 0 saturated heterocycles. The van der Waals surface area contributed by atoms with Crippen LogP contribution in [-0.4, -0.2) is 29.6 Å². The molecule has 2 heterocycles. The van der Waals surface area contributed by atoms with E-state index in [4.69, 9.17) is 0 Å². The molecule has 3 aromatic rings. The molecule has 1 saturated carbocycles. The Morgan fingerprint density at radius 2 is 1.81 bits per heavy atom. The van der Waals surface area contributed by atoms with Crippen LogP contribution in [0, 0.1) is 6.92 Å². The maximum absolute atomic E-state index is 13.4. The fourth-order valence-electron chi connectivity index (χ4n) is 4.29. The average molecular weight is 494 g/mol. The minimum atomic E-state index is -3.71. The smallest absolute Gasteiger partial charge is 0.395 e. The average Bonchev–Trinajstić information content (AvgIpc) is 3.60. The van der Waals surface area contributed by atoms with Gasteiger partial charge in [0, 0.05) is 17.7 Å². The van der Waals surface area contributed by atoms with E-state index in [1.807, 2.05) is 26.0 Å². The molecule has 5 rings (SSSR count). The van der Waals surface area contributed by atoms with E-state index in [-0.39, 0.29) is 23.3 Å². The normalized spacial score (nSPS) is 16.3. The molecule has 0 unspecified atom stereocenters. The number of hydrogen-bond donors (Lipinski definition) is 2. The second-order valence-corrected chi connectivity index (χ2v) is 9.06. The minimum absolute atomic E-state index is 0.0598. The van der Waals surface area contributed by atoms with Crippen molar-refractivity contribution in [3.8, 4) is 22.8 Å². The molecule has 2 aromatic carbocycles. The quantitative estimate of drug-likeness (QED) is 0.473. The molecular formula is C27H25F2N3O4. The number of benzene rings is 2. The van der Waals surface area contributed by atoms with Crippen LogP contribution in [0.25, 0.3) is 11.3 Å². The second kappa shape index (κ2) is 8.89. The molecule has 1 aliphatic heterocycles. The van der Waals surface area contributed by atoms with Crippen LogP contribution >= 0.6 is 0 Å². The monoisotopic (exact) mass is 493 g/mol. The Morgan fingerprint density at radius 3 is 2.56 bits per heavy atom. The van der Waals surface area contributed by atoms with Gasteiger partial charge in [0.1, 0.15) is 5.82 Å². The highest BCUT2D eigenvalue weighted by molar-refractivity contribution is 6.01. The number of fused-ring (bicyclic) bond motifs is 1. The van der Waals surface area contributed by atoms with Crippen LogP contribution in [0.15, 0.2) is 54.6 Å². The van der Waals surface area contributed by atoms with Gasteiger partial charge in [0.2, 0.25) is 5.91 Å². The van der Waals surface area contributed by atoms with Crippen LogP contribution in [0.2, 0.25) is 0 Å². The summed E-state index contributed by atoms with van der Waals surface area (Å²) in [5.74, 6) is -0.216. The van der Waals surface area contributed by atoms with Crippen molar-refractivity contribution in [2.45, 2.75) is 44.8 Å². The first-order valence-electron chi connectivity index (χ1n) is 11.8. The Morgan fingerprint density at radius 1 is 1.03 bits per heavy atom. The Kier molecular flexibility index (Phi) is 5.86. The lowest BCUT2D eigenvalue weighted by atomic mass is 9.94. The van der Waals surface area contributed by atoms with Crippen LogP contribution < -0.4 is 20.1 Å². The first-order valence-corrected chi connectivity index (χ1v) is 11.8.